The lowest BCUT2D eigenvalue weighted by atomic mass is 9.93. The summed E-state index contributed by atoms with van der Waals surface area (Å²) in [5, 5.41) is 0. The Hall–Kier alpha value is -0.980. The zero-order valence-corrected chi connectivity index (χ0v) is 7.63. The van der Waals surface area contributed by atoms with Crippen LogP contribution < -0.4 is 0 Å². The molecule has 0 amide bonds. The molecular weight excluding hydrogens is 148 g/mol. The van der Waals surface area contributed by atoms with E-state index in [0.29, 0.717) is 0 Å². The molecule has 0 bridgehead atoms. The first-order valence-electron chi connectivity index (χ1n) is 4.42. The molecule has 0 saturated carbocycles. The van der Waals surface area contributed by atoms with E-state index in [1.54, 1.807) is 0 Å². The van der Waals surface area contributed by atoms with Gasteiger partial charge in [-0.05, 0) is 11.6 Å². The van der Waals surface area contributed by atoms with Crippen LogP contribution in [0.3, 0.4) is 0 Å². The van der Waals surface area contributed by atoms with Gasteiger partial charge in [-0.2, -0.15) is 0 Å². The van der Waals surface area contributed by atoms with Crippen molar-refractivity contribution in [3.8, 4) is 0 Å². The highest BCUT2D eigenvalue weighted by molar-refractivity contribution is 5.37. The SMILES string of the molecule is CC1(C)C=CC2=C(C=C1)OCC2. The molecule has 1 heterocycles. The van der Waals surface area contributed by atoms with Gasteiger partial charge < -0.3 is 4.74 Å². The summed E-state index contributed by atoms with van der Waals surface area (Å²) in [7, 11) is 0. The molecule has 1 aliphatic heterocycles. The molecule has 0 aromatic carbocycles. The molecule has 2 rings (SSSR count). The summed E-state index contributed by atoms with van der Waals surface area (Å²) in [5.41, 5.74) is 1.52. The minimum Gasteiger partial charge on any atom is -0.493 e. The van der Waals surface area contributed by atoms with Gasteiger partial charge in [0.25, 0.3) is 0 Å². The predicted octanol–water partition coefficient (Wildman–Crippen LogP) is 2.81. The van der Waals surface area contributed by atoms with Crippen LogP contribution in [0.15, 0.2) is 35.6 Å². The molecule has 1 heteroatoms. The average Bonchev–Trinajstić information content (AvgIpc) is 2.40. The van der Waals surface area contributed by atoms with Crippen LogP contribution in [-0.4, -0.2) is 6.61 Å². The van der Waals surface area contributed by atoms with Crippen LogP contribution in [0, 0.1) is 5.41 Å². The Labute approximate surface area is 73.4 Å². The summed E-state index contributed by atoms with van der Waals surface area (Å²) >= 11 is 0. The standard InChI is InChI=1S/C11H14O/c1-11(2)6-3-9-5-8-12-10(9)4-7-11/h3-4,6-7H,5,8H2,1-2H3. The highest BCUT2D eigenvalue weighted by Crippen LogP contribution is 2.30. The molecule has 2 aliphatic rings. The molecule has 12 heavy (non-hydrogen) atoms. The Bertz CT molecular complexity index is 253. The molecule has 0 aromatic heterocycles. The second-order valence-electron chi connectivity index (χ2n) is 3.98. The van der Waals surface area contributed by atoms with E-state index >= 15 is 0 Å². The summed E-state index contributed by atoms with van der Waals surface area (Å²) in [6, 6.07) is 0. The second kappa shape index (κ2) is 2.51. The van der Waals surface area contributed by atoms with Gasteiger partial charge in [0, 0.05) is 11.8 Å². The molecule has 0 spiro atoms. The number of ether oxygens (including phenoxy) is 1. The maximum absolute atomic E-state index is 5.47. The molecule has 0 fully saturated rings. The summed E-state index contributed by atoms with van der Waals surface area (Å²) in [5.74, 6) is 1.07. The predicted molar refractivity (Wildman–Crippen MR) is 49.7 cm³/mol. The monoisotopic (exact) mass is 162 g/mol. The highest BCUT2D eigenvalue weighted by Gasteiger charge is 2.17. The Balaban J connectivity index is 2.34. The Morgan fingerprint density at radius 1 is 1.25 bits per heavy atom. The fourth-order valence-electron chi connectivity index (χ4n) is 1.47. The minimum absolute atomic E-state index is 0.174. The maximum Gasteiger partial charge on any atom is 0.122 e. The van der Waals surface area contributed by atoms with Gasteiger partial charge in [-0.25, -0.2) is 0 Å². The van der Waals surface area contributed by atoms with E-state index in [1.165, 1.54) is 5.57 Å². The lowest BCUT2D eigenvalue weighted by molar-refractivity contribution is 0.256. The minimum atomic E-state index is 0.174. The molecule has 0 unspecified atom stereocenters. The number of rotatable bonds is 0. The van der Waals surface area contributed by atoms with E-state index < -0.39 is 0 Å². The zero-order chi connectivity index (χ0) is 8.60. The van der Waals surface area contributed by atoms with Gasteiger partial charge in [0.05, 0.1) is 6.61 Å². The molecular formula is C11H14O. The highest BCUT2D eigenvalue weighted by atomic mass is 16.5. The summed E-state index contributed by atoms with van der Waals surface area (Å²) in [4.78, 5) is 0. The molecule has 1 aliphatic carbocycles. The van der Waals surface area contributed by atoms with Crippen LogP contribution in [0.4, 0.5) is 0 Å². The first-order chi connectivity index (χ1) is 5.67. The Kier molecular flexibility index (Phi) is 1.60. The van der Waals surface area contributed by atoms with Crippen LogP contribution in [0.1, 0.15) is 20.3 Å². The molecule has 64 valence electrons. The molecule has 0 saturated heterocycles. The van der Waals surface area contributed by atoms with E-state index in [-0.39, 0.29) is 5.41 Å². The van der Waals surface area contributed by atoms with Gasteiger partial charge >= 0.3 is 0 Å². The fourth-order valence-corrected chi connectivity index (χ4v) is 1.47. The fraction of sp³-hybridized carbons (Fsp3) is 0.455. The van der Waals surface area contributed by atoms with Gasteiger partial charge in [-0.3, -0.25) is 0 Å². The lowest BCUT2D eigenvalue weighted by Gasteiger charge is -2.12. The van der Waals surface area contributed by atoms with Gasteiger partial charge in [0.2, 0.25) is 0 Å². The number of allylic oxidation sites excluding steroid dienone is 4. The van der Waals surface area contributed by atoms with Crippen LogP contribution in [-0.2, 0) is 4.74 Å². The van der Waals surface area contributed by atoms with Crippen LogP contribution >= 0.6 is 0 Å². The lowest BCUT2D eigenvalue weighted by Crippen LogP contribution is -2.01. The smallest absolute Gasteiger partial charge is 0.122 e. The third-order valence-corrected chi connectivity index (χ3v) is 2.32. The van der Waals surface area contributed by atoms with Gasteiger partial charge in [0.1, 0.15) is 5.76 Å². The van der Waals surface area contributed by atoms with Crippen LogP contribution in [0.5, 0.6) is 0 Å². The van der Waals surface area contributed by atoms with Crippen molar-refractivity contribution < 1.29 is 4.74 Å². The zero-order valence-electron chi connectivity index (χ0n) is 7.63. The van der Waals surface area contributed by atoms with Crippen molar-refractivity contribution in [3.05, 3.63) is 35.6 Å². The molecule has 0 aromatic rings. The molecule has 0 atom stereocenters. The largest absolute Gasteiger partial charge is 0.493 e. The van der Waals surface area contributed by atoms with E-state index in [9.17, 15) is 0 Å². The van der Waals surface area contributed by atoms with Crippen molar-refractivity contribution in [2.45, 2.75) is 20.3 Å². The summed E-state index contributed by atoms with van der Waals surface area (Å²) < 4.78 is 5.47. The van der Waals surface area contributed by atoms with Crippen LogP contribution in [0.25, 0.3) is 0 Å². The summed E-state index contributed by atoms with van der Waals surface area (Å²) in [6.07, 6.45) is 9.79. The van der Waals surface area contributed by atoms with E-state index in [0.717, 1.165) is 18.8 Å². The van der Waals surface area contributed by atoms with Gasteiger partial charge in [-0.15, -0.1) is 0 Å². The molecule has 0 N–H and O–H groups in total. The summed E-state index contributed by atoms with van der Waals surface area (Å²) in [6.45, 7) is 5.24. The van der Waals surface area contributed by atoms with Crippen molar-refractivity contribution in [2.75, 3.05) is 6.61 Å². The molecule has 1 nitrogen and oxygen atoms in total. The van der Waals surface area contributed by atoms with Gasteiger partial charge in [0.15, 0.2) is 0 Å². The third kappa shape index (κ3) is 1.31. The first kappa shape index (κ1) is 7.66. The Morgan fingerprint density at radius 3 is 2.83 bits per heavy atom. The van der Waals surface area contributed by atoms with Crippen molar-refractivity contribution >= 4 is 0 Å². The number of hydrogen-bond donors (Lipinski definition) is 0. The Morgan fingerprint density at radius 2 is 2.00 bits per heavy atom. The van der Waals surface area contributed by atoms with E-state index in [1.807, 2.05) is 0 Å². The van der Waals surface area contributed by atoms with Crippen LogP contribution in [0.2, 0.25) is 0 Å². The quantitative estimate of drug-likeness (QED) is 0.532. The number of hydrogen-bond acceptors (Lipinski definition) is 1. The van der Waals surface area contributed by atoms with Crippen molar-refractivity contribution in [2.24, 2.45) is 5.41 Å². The van der Waals surface area contributed by atoms with Crippen molar-refractivity contribution in [3.63, 3.8) is 0 Å². The van der Waals surface area contributed by atoms with Gasteiger partial charge in [-0.1, -0.05) is 32.1 Å². The average molecular weight is 162 g/mol. The van der Waals surface area contributed by atoms with Crippen molar-refractivity contribution in [1.29, 1.82) is 0 Å². The third-order valence-electron chi connectivity index (χ3n) is 2.32. The molecule has 0 radical (unpaired) electrons. The van der Waals surface area contributed by atoms with Crippen molar-refractivity contribution in [1.82, 2.24) is 0 Å². The van der Waals surface area contributed by atoms with E-state index in [4.69, 9.17) is 4.74 Å². The first-order valence-corrected chi connectivity index (χ1v) is 4.42. The second-order valence-corrected chi connectivity index (χ2v) is 3.98. The van der Waals surface area contributed by atoms with E-state index in [2.05, 4.69) is 38.2 Å². The maximum atomic E-state index is 5.47. The topological polar surface area (TPSA) is 9.23 Å². The normalized spacial score (nSPS) is 25.2.